The van der Waals surface area contributed by atoms with E-state index in [1.807, 2.05) is 30.3 Å². The summed E-state index contributed by atoms with van der Waals surface area (Å²) in [6.45, 7) is -2.70. The van der Waals surface area contributed by atoms with Crippen LogP contribution in [0.5, 0.6) is 5.75 Å². The third-order valence-corrected chi connectivity index (χ3v) is 3.61. The second-order valence-corrected chi connectivity index (χ2v) is 5.39. The van der Waals surface area contributed by atoms with Gasteiger partial charge in [0.15, 0.2) is 5.82 Å². The molecule has 0 aliphatic carbocycles. The van der Waals surface area contributed by atoms with Gasteiger partial charge in [0.25, 0.3) is 0 Å². The molecule has 2 aromatic carbocycles. The Labute approximate surface area is 151 Å². The molecule has 0 radical (unpaired) electrons. The minimum absolute atomic E-state index is 0.0498. The molecule has 27 heavy (non-hydrogen) atoms. The summed E-state index contributed by atoms with van der Waals surface area (Å²) in [7, 11) is 0. The lowest BCUT2D eigenvalue weighted by atomic mass is 10.2. The van der Waals surface area contributed by atoms with Gasteiger partial charge >= 0.3 is 6.61 Å². The van der Waals surface area contributed by atoms with Crippen molar-refractivity contribution in [2.24, 2.45) is 0 Å². The van der Waals surface area contributed by atoms with E-state index in [0.717, 1.165) is 5.56 Å². The lowest BCUT2D eigenvalue weighted by Gasteiger charge is -2.06. The van der Waals surface area contributed by atoms with Crippen LogP contribution in [0.15, 0.2) is 54.6 Å². The fourth-order valence-electron chi connectivity index (χ4n) is 2.41. The second kappa shape index (κ2) is 7.23. The van der Waals surface area contributed by atoms with Crippen LogP contribution in [0.25, 0.3) is 17.1 Å². The highest BCUT2D eigenvalue weighted by Gasteiger charge is 2.13. The van der Waals surface area contributed by atoms with Gasteiger partial charge in [0.05, 0.1) is 5.69 Å². The van der Waals surface area contributed by atoms with E-state index in [2.05, 4.69) is 35.7 Å². The molecule has 2 aromatic heterocycles. The molecule has 0 fully saturated rings. The van der Waals surface area contributed by atoms with Crippen LogP contribution in [0.1, 0.15) is 5.82 Å². The minimum Gasteiger partial charge on any atom is -0.435 e. The van der Waals surface area contributed by atoms with Gasteiger partial charge in [-0.1, -0.05) is 30.3 Å². The Morgan fingerprint density at radius 3 is 2.44 bits per heavy atom. The van der Waals surface area contributed by atoms with Crippen molar-refractivity contribution in [1.29, 1.82) is 0 Å². The summed E-state index contributed by atoms with van der Waals surface area (Å²) in [5, 5.41) is 23.9. The van der Waals surface area contributed by atoms with E-state index in [9.17, 15) is 8.78 Å². The number of aromatic nitrogens is 8. The zero-order chi connectivity index (χ0) is 18.6. The fourth-order valence-corrected chi connectivity index (χ4v) is 2.41. The summed E-state index contributed by atoms with van der Waals surface area (Å²) in [6, 6.07) is 15.4. The van der Waals surface area contributed by atoms with E-state index in [4.69, 9.17) is 0 Å². The number of hydrogen-bond donors (Lipinski definition) is 0. The molecule has 0 N–H and O–H groups in total. The van der Waals surface area contributed by atoms with Crippen LogP contribution in [-0.2, 0) is 6.54 Å². The van der Waals surface area contributed by atoms with Crippen LogP contribution in [-0.4, -0.2) is 47.0 Å². The van der Waals surface area contributed by atoms with Crippen molar-refractivity contribution in [2.75, 3.05) is 0 Å². The molecule has 0 saturated carbocycles. The van der Waals surface area contributed by atoms with Gasteiger partial charge in [0, 0.05) is 5.56 Å². The summed E-state index contributed by atoms with van der Waals surface area (Å²) in [5.41, 5.74) is 1.43. The molecule has 4 rings (SSSR count). The molecule has 0 aliphatic heterocycles. The number of rotatable bonds is 6. The first-order valence-electron chi connectivity index (χ1n) is 7.85. The van der Waals surface area contributed by atoms with Crippen molar-refractivity contribution >= 4 is 0 Å². The molecular weight excluding hydrogens is 358 g/mol. The van der Waals surface area contributed by atoms with Crippen molar-refractivity contribution in [1.82, 2.24) is 40.4 Å². The van der Waals surface area contributed by atoms with Crippen LogP contribution >= 0.6 is 0 Å². The Kier molecular flexibility index (Phi) is 4.47. The summed E-state index contributed by atoms with van der Waals surface area (Å²) in [5.74, 6) is 0.992. The predicted octanol–water partition coefficient (Wildman–Crippen LogP) is 1.97. The number of tetrazole rings is 2. The molecule has 11 heteroatoms. The summed E-state index contributed by atoms with van der Waals surface area (Å²) >= 11 is 0. The quantitative estimate of drug-likeness (QED) is 0.512. The third kappa shape index (κ3) is 3.76. The van der Waals surface area contributed by atoms with Crippen molar-refractivity contribution in [2.45, 2.75) is 13.2 Å². The van der Waals surface area contributed by atoms with Crippen LogP contribution < -0.4 is 4.74 Å². The van der Waals surface area contributed by atoms with E-state index in [1.165, 1.54) is 21.6 Å². The minimum atomic E-state index is -2.88. The van der Waals surface area contributed by atoms with Gasteiger partial charge < -0.3 is 4.74 Å². The van der Waals surface area contributed by atoms with E-state index < -0.39 is 6.61 Å². The van der Waals surface area contributed by atoms with Crippen LogP contribution in [0.3, 0.4) is 0 Å². The molecule has 0 atom stereocenters. The van der Waals surface area contributed by atoms with Crippen molar-refractivity contribution < 1.29 is 13.5 Å². The standard InChI is InChI=1S/C16H12F2N8O/c17-16(18)27-13-8-6-12(7-9-13)26-14(19-22-24-26)10-25-21-15(20-23-25)11-4-2-1-3-5-11/h1-9,16H,10H2. The van der Waals surface area contributed by atoms with E-state index in [-0.39, 0.29) is 12.3 Å². The average molecular weight is 370 g/mol. The predicted molar refractivity (Wildman–Crippen MR) is 88.1 cm³/mol. The van der Waals surface area contributed by atoms with Crippen molar-refractivity contribution in [3.8, 4) is 22.8 Å². The zero-order valence-electron chi connectivity index (χ0n) is 13.7. The molecular formula is C16H12F2N8O. The van der Waals surface area contributed by atoms with Crippen LogP contribution in [0.2, 0.25) is 0 Å². The molecule has 136 valence electrons. The number of halogens is 2. The number of hydrogen-bond acceptors (Lipinski definition) is 7. The zero-order valence-corrected chi connectivity index (χ0v) is 13.7. The maximum atomic E-state index is 12.2. The Morgan fingerprint density at radius 1 is 0.926 bits per heavy atom. The molecule has 9 nitrogen and oxygen atoms in total. The van der Waals surface area contributed by atoms with Crippen molar-refractivity contribution in [3.63, 3.8) is 0 Å². The van der Waals surface area contributed by atoms with Gasteiger partial charge in [-0.15, -0.1) is 15.3 Å². The van der Waals surface area contributed by atoms with Gasteiger partial charge in [-0.05, 0) is 39.9 Å². The van der Waals surface area contributed by atoms with Crippen LogP contribution in [0, 0.1) is 0 Å². The molecule has 2 heterocycles. The summed E-state index contributed by atoms with van der Waals surface area (Å²) < 4.78 is 30.3. The number of nitrogens with zero attached hydrogens (tertiary/aromatic N) is 8. The first-order chi connectivity index (χ1) is 13.2. The fraction of sp³-hybridized carbons (Fsp3) is 0.125. The Bertz CT molecular complexity index is 1020. The van der Waals surface area contributed by atoms with Gasteiger partial charge in [-0.25, -0.2) is 0 Å². The molecule has 0 bridgehead atoms. The highest BCUT2D eigenvalue weighted by atomic mass is 19.3. The average Bonchev–Trinajstić information content (AvgIpc) is 3.33. The smallest absolute Gasteiger partial charge is 0.387 e. The second-order valence-electron chi connectivity index (χ2n) is 5.39. The normalized spacial score (nSPS) is 11.1. The largest absolute Gasteiger partial charge is 0.435 e. The molecule has 0 saturated heterocycles. The number of benzene rings is 2. The first-order valence-corrected chi connectivity index (χ1v) is 7.85. The van der Waals surface area contributed by atoms with Gasteiger partial charge in [-0.3, -0.25) is 0 Å². The molecule has 0 unspecified atom stereocenters. The lowest BCUT2D eigenvalue weighted by molar-refractivity contribution is -0.0498. The van der Waals surface area contributed by atoms with E-state index >= 15 is 0 Å². The summed E-state index contributed by atoms with van der Waals surface area (Å²) in [4.78, 5) is 1.37. The molecule has 0 aliphatic rings. The third-order valence-electron chi connectivity index (χ3n) is 3.61. The first kappa shape index (κ1) is 16.7. The Balaban J connectivity index is 1.54. The molecule has 0 amide bonds. The lowest BCUT2D eigenvalue weighted by Crippen LogP contribution is -2.11. The maximum absolute atomic E-state index is 12.2. The van der Waals surface area contributed by atoms with Gasteiger partial charge in [0.2, 0.25) is 5.82 Å². The van der Waals surface area contributed by atoms with E-state index in [1.54, 1.807) is 12.1 Å². The van der Waals surface area contributed by atoms with E-state index in [0.29, 0.717) is 17.3 Å². The molecule has 0 spiro atoms. The summed E-state index contributed by atoms with van der Waals surface area (Å²) in [6.07, 6.45) is 0. The number of ether oxygens (including phenoxy) is 1. The topological polar surface area (TPSA) is 96.4 Å². The molecule has 4 aromatic rings. The highest BCUT2D eigenvalue weighted by molar-refractivity contribution is 5.52. The monoisotopic (exact) mass is 370 g/mol. The van der Waals surface area contributed by atoms with Crippen molar-refractivity contribution in [3.05, 3.63) is 60.4 Å². The van der Waals surface area contributed by atoms with Crippen LogP contribution in [0.4, 0.5) is 8.78 Å². The number of alkyl halides is 2. The maximum Gasteiger partial charge on any atom is 0.387 e. The Hall–Kier alpha value is -3.76. The van der Waals surface area contributed by atoms with Gasteiger partial charge in [-0.2, -0.15) is 18.3 Å². The van der Waals surface area contributed by atoms with Gasteiger partial charge in [0.1, 0.15) is 12.3 Å². The Morgan fingerprint density at radius 2 is 1.70 bits per heavy atom. The SMILES string of the molecule is FC(F)Oc1ccc(-n2nnnc2Cn2nnc(-c3ccccc3)n2)cc1. The highest BCUT2D eigenvalue weighted by Crippen LogP contribution is 2.18.